The molecule has 6 heteroatoms. The van der Waals surface area contributed by atoms with Gasteiger partial charge in [-0.05, 0) is 65.2 Å². The molecule has 1 aromatic rings. The van der Waals surface area contributed by atoms with Crippen molar-refractivity contribution in [1.82, 2.24) is 10.2 Å². The number of rotatable bonds is 8. The van der Waals surface area contributed by atoms with E-state index >= 15 is 0 Å². The predicted octanol–water partition coefficient (Wildman–Crippen LogP) is 1.54. The Morgan fingerprint density at radius 3 is 2.13 bits per heavy atom. The molecular weight excluding hydrogens is 292 g/mol. The van der Waals surface area contributed by atoms with Crippen molar-refractivity contribution >= 4 is 23.2 Å². The summed E-state index contributed by atoms with van der Waals surface area (Å²) in [5.41, 5.74) is 1.72. The van der Waals surface area contributed by atoms with Crippen molar-refractivity contribution in [3.05, 3.63) is 24.3 Å². The second kappa shape index (κ2) is 9.84. The molecule has 1 aromatic carbocycles. The molecule has 0 aliphatic carbocycles. The van der Waals surface area contributed by atoms with E-state index < -0.39 is 11.8 Å². The van der Waals surface area contributed by atoms with Crippen LogP contribution in [0.2, 0.25) is 0 Å². The summed E-state index contributed by atoms with van der Waals surface area (Å²) in [7, 11) is 3.94. The van der Waals surface area contributed by atoms with E-state index in [9.17, 15) is 9.59 Å². The Morgan fingerprint density at radius 2 is 1.61 bits per heavy atom. The van der Waals surface area contributed by atoms with Gasteiger partial charge < -0.3 is 20.4 Å². The van der Waals surface area contributed by atoms with E-state index in [2.05, 4.69) is 29.4 Å². The van der Waals surface area contributed by atoms with Crippen LogP contribution in [-0.4, -0.2) is 57.0 Å². The lowest BCUT2D eigenvalue weighted by molar-refractivity contribution is -0.136. The van der Waals surface area contributed by atoms with Crippen molar-refractivity contribution in [2.45, 2.75) is 20.3 Å². The number of benzene rings is 1. The summed E-state index contributed by atoms with van der Waals surface area (Å²) >= 11 is 0. The zero-order valence-electron chi connectivity index (χ0n) is 14.6. The number of anilines is 2. The monoisotopic (exact) mass is 320 g/mol. The fourth-order valence-electron chi connectivity index (χ4n) is 2.21. The molecule has 1 rings (SSSR count). The van der Waals surface area contributed by atoms with E-state index in [0.29, 0.717) is 12.2 Å². The largest absolute Gasteiger partial charge is 0.372 e. The number of carbonyl (C=O) groups is 2. The van der Waals surface area contributed by atoms with E-state index in [0.717, 1.165) is 31.7 Å². The smallest absolute Gasteiger partial charge is 0.313 e. The van der Waals surface area contributed by atoms with E-state index in [4.69, 9.17) is 0 Å². The molecule has 0 bridgehead atoms. The quantitative estimate of drug-likeness (QED) is 0.563. The zero-order chi connectivity index (χ0) is 17.2. The summed E-state index contributed by atoms with van der Waals surface area (Å²) in [5.74, 6) is -1.23. The third-order valence-corrected chi connectivity index (χ3v) is 3.53. The van der Waals surface area contributed by atoms with Crippen LogP contribution in [-0.2, 0) is 9.59 Å². The van der Waals surface area contributed by atoms with Gasteiger partial charge in [-0.15, -0.1) is 0 Å². The van der Waals surface area contributed by atoms with Gasteiger partial charge in [0.25, 0.3) is 0 Å². The molecule has 0 radical (unpaired) electrons. The van der Waals surface area contributed by atoms with Crippen LogP contribution in [0.4, 0.5) is 11.4 Å². The van der Waals surface area contributed by atoms with Crippen LogP contribution in [0.15, 0.2) is 24.3 Å². The van der Waals surface area contributed by atoms with Gasteiger partial charge in [-0.3, -0.25) is 9.59 Å². The molecule has 0 heterocycles. The second-order valence-corrected chi connectivity index (χ2v) is 5.59. The van der Waals surface area contributed by atoms with Crippen LogP contribution < -0.4 is 15.5 Å². The van der Waals surface area contributed by atoms with E-state index in [1.165, 1.54) is 0 Å². The normalized spacial score (nSPS) is 10.5. The van der Waals surface area contributed by atoms with Crippen LogP contribution in [0.1, 0.15) is 20.3 Å². The molecule has 0 aliphatic rings. The van der Waals surface area contributed by atoms with Crippen molar-refractivity contribution in [1.29, 1.82) is 0 Å². The first-order chi connectivity index (χ1) is 11.0. The van der Waals surface area contributed by atoms with Gasteiger partial charge in [0.15, 0.2) is 0 Å². The van der Waals surface area contributed by atoms with Gasteiger partial charge in [-0.2, -0.15) is 0 Å². The fraction of sp³-hybridized carbons (Fsp3) is 0.529. The molecule has 23 heavy (non-hydrogen) atoms. The Labute approximate surface area is 138 Å². The number of hydrogen-bond acceptors (Lipinski definition) is 4. The maximum Gasteiger partial charge on any atom is 0.313 e. The highest BCUT2D eigenvalue weighted by molar-refractivity contribution is 6.39. The van der Waals surface area contributed by atoms with Gasteiger partial charge in [-0.1, -0.05) is 0 Å². The molecule has 0 saturated heterocycles. The van der Waals surface area contributed by atoms with E-state index in [-0.39, 0.29) is 0 Å². The average Bonchev–Trinajstić information content (AvgIpc) is 2.53. The highest BCUT2D eigenvalue weighted by atomic mass is 16.2. The van der Waals surface area contributed by atoms with Crippen LogP contribution in [0.25, 0.3) is 0 Å². The third-order valence-electron chi connectivity index (χ3n) is 3.53. The molecule has 0 atom stereocenters. The van der Waals surface area contributed by atoms with Crippen molar-refractivity contribution in [2.24, 2.45) is 0 Å². The minimum Gasteiger partial charge on any atom is -0.372 e. The Bertz CT molecular complexity index is 496. The first-order valence-electron chi connectivity index (χ1n) is 8.06. The molecule has 2 N–H and O–H groups in total. The maximum absolute atomic E-state index is 11.8. The predicted molar refractivity (Wildman–Crippen MR) is 94.8 cm³/mol. The van der Waals surface area contributed by atoms with Crippen LogP contribution in [0.3, 0.4) is 0 Å². The Balaban J connectivity index is 2.45. The zero-order valence-corrected chi connectivity index (χ0v) is 14.6. The van der Waals surface area contributed by atoms with Crippen LogP contribution >= 0.6 is 0 Å². The van der Waals surface area contributed by atoms with Crippen molar-refractivity contribution < 1.29 is 9.59 Å². The van der Waals surface area contributed by atoms with E-state index in [1.807, 2.05) is 43.3 Å². The summed E-state index contributed by atoms with van der Waals surface area (Å²) < 4.78 is 0. The summed E-state index contributed by atoms with van der Waals surface area (Å²) in [6.45, 7) is 7.41. The minimum absolute atomic E-state index is 0.491. The highest BCUT2D eigenvalue weighted by Crippen LogP contribution is 2.17. The molecule has 0 aliphatic heterocycles. The molecular formula is C17H28N4O2. The Hall–Kier alpha value is -2.08. The summed E-state index contributed by atoms with van der Waals surface area (Å²) in [4.78, 5) is 27.8. The summed E-state index contributed by atoms with van der Waals surface area (Å²) in [6.07, 6.45) is 0.810. The molecule has 0 unspecified atom stereocenters. The SMILES string of the molecule is CCN(CC)c1ccc(NC(=O)C(=O)NCCCN(C)C)cc1. The average molecular weight is 320 g/mol. The van der Waals surface area contributed by atoms with Crippen molar-refractivity contribution in [3.8, 4) is 0 Å². The molecule has 0 aromatic heterocycles. The first kappa shape index (κ1) is 19.0. The standard InChI is InChI=1S/C17H28N4O2/c1-5-21(6-2)15-10-8-14(9-11-15)19-17(23)16(22)18-12-7-13-20(3)4/h8-11H,5-7,12-13H2,1-4H3,(H,18,22)(H,19,23). The van der Waals surface area contributed by atoms with Gasteiger partial charge in [0.05, 0.1) is 0 Å². The number of carbonyl (C=O) groups excluding carboxylic acids is 2. The molecule has 2 amide bonds. The topological polar surface area (TPSA) is 64.7 Å². The van der Waals surface area contributed by atoms with Gasteiger partial charge in [0.1, 0.15) is 0 Å². The maximum atomic E-state index is 11.8. The first-order valence-corrected chi connectivity index (χ1v) is 8.06. The Kier molecular flexibility index (Phi) is 8.11. The third kappa shape index (κ3) is 6.69. The van der Waals surface area contributed by atoms with Gasteiger partial charge in [-0.25, -0.2) is 0 Å². The number of hydrogen-bond donors (Lipinski definition) is 2. The van der Waals surface area contributed by atoms with Crippen LogP contribution in [0, 0.1) is 0 Å². The van der Waals surface area contributed by atoms with E-state index in [1.54, 1.807) is 0 Å². The Morgan fingerprint density at radius 1 is 1.00 bits per heavy atom. The number of nitrogens with zero attached hydrogens (tertiary/aromatic N) is 2. The highest BCUT2D eigenvalue weighted by Gasteiger charge is 2.13. The van der Waals surface area contributed by atoms with Crippen molar-refractivity contribution in [2.75, 3.05) is 50.5 Å². The fourth-order valence-corrected chi connectivity index (χ4v) is 2.21. The molecule has 128 valence electrons. The van der Waals surface area contributed by atoms with Crippen molar-refractivity contribution in [3.63, 3.8) is 0 Å². The number of nitrogens with one attached hydrogen (secondary N) is 2. The van der Waals surface area contributed by atoms with Gasteiger partial charge in [0.2, 0.25) is 0 Å². The molecule has 0 fully saturated rings. The van der Waals surface area contributed by atoms with Gasteiger partial charge >= 0.3 is 11.8 Å². The molecule has 0 spiro atoms. The minimum atomic E-state index is -0.634. The summed E-state index contributed by atoms with van der Waals surface area (Å²) in [6, 6.07) is 7.50. The second-order valence-electron chi connectivity index (χ2n) is 5.59. The molecule has 6 nitrogen and oxygen atoms in total. The van der Waals surface area contributed by atoms with Crippen LogP contribution in [0.5, 0.6) is 0 Å². The summed E-state index contributed by atoms with van der Waals surface area (Å²) in [5, 5.41) is 5.23. The number of amides is 2. The molecule has 0 saturated carbocycles. The lowest BCUT2D eigenvalue weighted by Crippen LogP contribution is -2.36. The van der Waals surface area contributed by atoms with Gasteiger partial charge in [0, 0.05) is 31.0 Å². The lowest BCUT2D eigenvalue weighted by atomic mass is 10.2. The lowest BCUT2D eigenvalue weighted by Gasteiger charge is -2.21.